The molecule has 18 heteroatoms. The van der Waals surface area contributed by atoms with E-state index in [0.29, 0.717) is 23.2 Å². The first kappa shape index (κ1) is 45.6. The van der Waals surface area contributed by atoms with Crippen LogP contribution in [0, 0.1) is 11.8 Å². The molecule has 4 bridgehead atoms. The number of aromatic nitrogens is 4. The fourth-order valence-electron chi connectivity index (χ4n) is 11.9. The number of allylic oxidation sites excluding steroid dienone is 1. The molecule has 14 nitrogen and oxygen atoms in total. The number of nitrogens with zero attached hydrogens (tertiary/aromatic N) is 4. The zero-order chi connectivity index (χ0) is 48.1. The number of aromatic amines is 2. The van der Waals surface area contributed by atoms with Crippen molar-refractivity contribution in [2.75, 3.05) is 27.3 Å². The smallest absolute Gasteiger partial charge is 0.407 e. The van der Waals surface area contributed by atoms with Gasteiger partial charge in [0, 0.05) is 29.7 Å². The topological polar surface area (TPSA) is 175 Å². The third-order valence-corrected chi connectivity index (χ3v) is 15.2. The monoisotopic (exact) mass is 948 g/mol. The van der Waals surface area contributed by atoms with E-state index in [1.165, 1.54) is 36.5 Å². The number of imidazole rings is 2. The summed E-state index contributed by atoms with van der Waals surface area (Å²) in [5.74, 6) is -6.98. The van der Waals surface area contributed by atoms with Crippen LogP contribution in [0.25, 0.3) is 39.7 Å². The van der Waals surface area contributed by atoms with Crippen LogP contribution >= 0.6 is 0 Å². The van der Waals surface area contributed by atoms with E-state index >= 15 is 17.6 Å². The van der Waals surface area contributed by atoms with E-state index in [4.69, 9.17) is 9.47 Å². The Bertz CT molecular complexity index is 2760. The van der Waals surface area contributed by atoms with E-state index in [0.717, 1.165) is 69.7 Å². The van der Waals surface area contributed by atoms with Gasteiger partial charge in [0.25, 0.3) is 11.8 Å². The number of halogens is 4. The second kappa shape index (κ2) is 16.8. The first-order chi connectivity index (χ1) is 32.3. The number of carbonyl (C=O) groups excluding carboxylic acids is 4. The minimum absolute atomic E-state index is 0. The van der Waals surface area contributed by atoms with Crippen molar-refractivity contribution in [3.05, 3.63) is 76.1 Å². The average molecular weight is 949 g/mol. The van der Waals surface area contributed by atoms with Gasteiger partial charge in [-0.3, -0.25) is 9.59 Å². The predicted molar refractivity (Wildman–Crippen MR) is 251 cm³/mol. The number of likely N-dealkylation sites (tertiary alicyclic amines) is 2. The van der Waals surface area contributed by atoms with Gasteiger partial charge in [0.15, 0.2) is 0 Å². The molecule has 7 aliphatic rings. The van der Waals surface area contributed by atoms with Gasteiger partial charge in [0.2, 0.25) is 11.8 Å². The lowest BCUT2D eigenvalue weighted by atomic mass is 9.65. The number of benzene rings is 2. The molecule has 6 atom stereocenters. The fraction of sp³-hybridized carbons (Fsp3) is 0.520. The molecule has 0 radical (unpaired) electrons. The number of fused-ring (bicyclic) bond motifs is 5. The van der Waals surface area contributed by atoms with Gasteiger partial charge in [-0.05, 0) is 95.1 Å². The minimum Gasteiger partial charge on any atom is -0.453 e. The summed E-state index contributed by atoms with van der Waals surface area (Å²) in [6.07, 6.45) is 7.64. The molecule has 2 aromatic heterocycles. The van der Waals surface area contributed by atoms with Gasteiger partial charge < -0.3 is 39.9 Å². The maximum Gasteiger partial charge on any atom is 0.407 e. The summed E-state index contributed by atoms with van der Waals surface area (Å²) in [6.45, 7) is 5.30. The first-order valence-electron chi connectivity index (χ1n) is 23.5. The number of hydrogen-bond acceptors (Lipinski definition) is 8. The van der Waals surface area contributed by atoms with Gasteiger partial charge in [-0.15, -0.1) is 0 Å². The Kier molecular flexibility index (Phi) is 11.3. The van der Waals surface area contributed by atoms with Gasteiger partial charge in [-0.2, -0.15) is 0 Å². The molecule has 2 unspecified atom stereocenters. The largest absolute Gasteiger partial charge is 0.453 e. The third kappa shape index (κ3) is 7.80. The standard InChI is InChI=1S/C50H56F4N8O6.4H2/c1-23(2)41(59-47(65)67-5)45(63)61-21-49(51,52)17-36(61)43-55-19-34(57-43)29-9-10-30(38-28-13-25(14-28)15-33(29)38)31-11-12-32(40-27-8-7-26(16-27)39(31)40)35-20-56-44(58-35)37-18-50(53,54)22-62(37)46(64)42(24(3)4)60-48(66)68-6;;;;/h9-12,15,19-20,23-24,26-28,36-37,41-42H,7-8,13-14,16-18,21-22H2,1-6H3,(H,55,57)(H,56,58)(H,59,65)(H,60,66);4*1H/t26?,27?,36-,37-,41-,42-;;;;/m0..../s1. The Hall–Kier alpha value is -6.20. The van der Waals surface area contributed by atoms with Crippen molar-refractivity contribution in [3.8, 4) is 33.6 Å². The van der Waals surface area contributed by atoms with E-state index < -0.39 is 97.8 Å². The van der Waals surface area contributed by atoms with Crippen molar-refractivity contribution in [2.24, 2.45) is 11.8 Å². The molecule has 68 heavy (non-hydrogen) atoms. The zero-order valence-electron chi connectivity index (χ0n) is 38.9. The molecular formula is C50H64F4N8O6. The average Bonchev–Trinajstić information content (AvgIpc) is 4.17. The van der Waals surface area contributed by atoms with Crippen molar-refractivity contribution in [2.45, 2.75) is 126 Å². The number of hydrogen-bond donors (Lipinski definition) is 4. The molecule has 2 saturated heterocycles. The number of rotatable bonds is 11. The second-order valence-corrected chi connectivity index (χ2v) is 20.3. The summed E-state index contributed by atoms with van der Waals surface area (Å²) in [4.78, 5) is 70.1. The number of carbonyl (C=O) groups is 4. The lowest BCUT2D eigenvalue weighted by molar-refractivity contribution is -0.137. The number of nitrogens with one attached hydrogen (secondary N) is 4. The summed E-state index contributed by atoms with van der Waals surface area (Å²) in [6, 6.07) is 4.21. The molecule has 4 N–H and O–H groups in total. The number of H-pyrrole nitrogens is 2. The molecule has 368 valence electrons. The molecule has 2 aliphatic heterocycles. The van der Waals surface area contributed by atoms with Gasteiger partial charge in [0.05, 0.1) is 63.2 Å². The van der Waals surface area contributed by atoms with Crippen molar-refractivity contribution in [1.82, 2.24) is 40.4 Å². The Balaban J connectivity index is 0.00000212. The summed E-state index contributed by atoms with van der Waals surface area (Å²) in [5, 5.41) is 5.03. The van der Waals surface area contributed by atoms with E-state index in [2.05, 4.69) is 60.9 Å². The van der Waals surface area contributed by atoms with Crippen LogP contribution in [0.3, 0.4) is 0 Å². The Morgan fingerprint density at radius 3 is 1.60 bits per heavy atom. The van der Waals surface area contributed by atoms with Crippen molar-refractivity contribution in [3.63, 3.8) is 0 Å². The highest BCUT2D eigenvalue weighted by Gasteiger charge is 2.52. The summed E-state index contributed by atoms with van der Waals surface area (Å²) < 4.78 is 70.1. The van der Waals surface area contributed by atoms with E-state index in [1.54, 1.807) is 40.1 Å². The number of methoxy groups -OCH3 is 2. The van der Waals surface area contributed by atoms with Crippen molar-refractivity contribution < 1.29 is 51.9 Å². The van der Waals surface area contributed by atoms with Gasteiger partial charge in [0.1, 0.15) is 23.7 Å². The number of ether oxygens (including phenoxy) is 2. The minimum atomic E-state index is -3.17. The van der Waals surface area contributed by atoms with Gasteiger partial charge >= 0.3 is 12.2 Å². The van der Waals surface area contributed by atoms with E-state index in [1.807, 2.05) is 0 Å². The maximum absolute atomic E-state index is 15.2. The van der Waals surface area contributed by atoms with Crippen LogP contribution in [0.1, 0.15) is 142 Å². The summed E-state index contributed by atoms with van der Waals surface area (Å²) in [5.41, 5.74) is 11.6. The van der Waals surface area contributed by atoms with Crippen LogP contribution in [-0.2, 0) is 19.1 Å². The van der Waals surface area contributed by atoms with Crippen LogP contribution in [0.15, 0.2) is 42.2 Å². The highest BCUT2D eigenvalue weighted by Crippen LogP contribution is 2.60. The molecule has 2 aromatic carbocycles. The predicted octanol–water partition coefficient (Wildman–Crippen LogP) is 10.3. The van der Waals surface area contributed by atoms with Gasteiger partial charge in [-0.25, -0.2) is 37.1 Å². The van der Waals surface area contributed by atoms with Crippen LogP contribution in [-0.4, -0.2) is 105 Å². The van der Waals surface area contributed by atoms with Crippen LogP contribution in [0.4, 0.5) is 27.2 Å². The summed E-state index contributed by atoms with van der Waals surface area (Å²) >= 11 is 0. The molecule has 4 aromatic rings. The second-order valence-electron chi connectivity index (χ2n) is 20.3. The molecular weight excluding hydrogens is 885 g/mol. The Labute approximate surface area is 397 Å². The Morgan fingerprint density at radius 1 is 0.676 bits per heavy atom. The summed E-state index contributed by atoms with van der Waals surface area (Å²) in [7, 11) is 2.35. The quantitative estimate of drug-likeness (QED) is 0.108. The van der Waals surface area contributed by atoms with Crippen molar-refractivity contribution in [1.29, 1.82) is 0 Å². The molecule has 4 amide bonds. The first-order valence-corrected chi connectivity index (χ1v) is 23.5. The number of amides is 4. The third-order valence-electron chi connectivity index (χ3n) is 15.2. The molecule has 11 rings (SSSR count). The number of alkyl carbamates (subject to hydrolysis) is 2. The van der Waals surface area contributed by atoms with E-state index in [-0.39, 0.29) is 23.3 Å². The Morgan fingerprint density at radius 2 is 1.12 bits per heavy atom. The number of alkyl halides is 4. The molecule has 4 fully saturated rings. The fourth-order valence-corrected chi connectivity index (χ4v) is 11.9. The zero-order valence-corrected chi connectivity index (χ0v) is 38.9. The molecule has 5 aliphatic carbocycles. The van der Waals surface area contributed by atoms with Crippen LogP contribution in [0.2, 0.25) is 0 Å². The highest BCUT2D eigenvalue weighted by molar-refractivity contribution is 5.90. The molecule has 0 spiro atoms. The SMILES string of the molecule is COC(=O)N[C@H](C(=O)N1CC(F)(F)C[C@H]1c1ncc(-c2ccc(-c3ccc(-c4cnc([C@@H]5CC(F)(F)CN5C(=O)[C@@H](NC(=O)OC)C(C)C)[nH]4)c4c3C3CCC4C3)c3c2C=C2CC3C2)[nH]1)C(C)C.[HH].[HH].[HH].[HH]. The van der Waals surface area contributed by atoms with Crippen molar-refractivity contribution >= 4 is 30.1 Å². The van der Waals surface area contributed by atoms with Gasteiger partial charge in [-0.1, -0.05) is 63.6 Å². The normalized spacial score (nSPS) is 23.8. The highest BCUT2D eigenvalue weighted by atomic mass is 19.3. The van der Waals surface area contributed by atoms with Crippen LogP contribution in [0.5, 0.6) is 0 Å². The van der Waals surface area contributed by atoms with Crippen LogP contribution < -0.4 is 10.6 Å². The molecule has 4 heterocycles. The molecule has 2 saturated carbocycles. The maximum atomic E-state index is 15.2. The lowest BCUT2D eigenvalue weighted by Crippen LogP contribution is -2.51. The lowest BCUT2D eigenvalue weighted by Gasteiger charge is -2.39. The van der Waals surface area contributed by atoms with E-state index in [9.17, 15) is 19.2 Å².